The van der Waals surface area contributed by atoms with Crippen molar-refractivity contribution in [1.29, 1.82) is 0 Å². The SMILES string of the molecule is CCC(=O)NCC(=O)NC1CCC(NC(=O)C2CC(c3ccccc3)C2)CC1. The summed E-state index contributed by atoms with van der Waals surface area (Å²) in [7, 11) is 0. The smallest absolute Gasteiger partial charge is 0.239 e. The number of hydrogen-bond donors (Lipinski definition) is 3. The summed E-state index contributed by atoms with van der Waals surface area (Å²) in [6.07, 6.45) is 5.73. The Morgan fingerprint density at radius 3 is 2.11 bits per heavy atom. The molecule has 0 aliphatic heterocycles. The number of amides is 3. The molecule has 0 radical (unpaired) electrons. The van der Waals surface area contributed by atoms with Gasteiger partial charge in [0.2, 0.25) is 17.7 Å². The van der Waals surface area contributed by atoms with Gasteiger partial charge in [0.1, 0.15) is 0 Å². The van der Waals surface area contributed by atoms with E-state index in [-0.39, 0.29) is 42.3 Å². The first kappa shape index (κ1) is 20.4. The van der Waals surface area contributed by atoms with Crippen LogP contribution >= 0.6 is 0 Å². The van der Waals surface area contributed by atoms with Crippen LogP contribution in [0.3, 0.4) is 0 Å². The molecule has 0 heterocycles. The molecule has 3 rings (SSSR count). The fraction of sp³-hybridized carbons (Fsp3) is 0.591. The first-order valence-electron chi connectivity index (χ1n) is 10.5. The highest BCUT2D eigenvalue weighted by Crippen LogP contribution is 2.41. The molecule has 28 heavy (non-hydrogen) atoms. The van der Waals surface area contributed by atoms with Crippen LogP contribution in [0.25, 0.3) is 0 Å². The molecule has 1 aromatic rings. The monoisotopic (exact) mass is 385 g/mol. The summed E-state index contributed by atoms with van der Waals surface area (Å²) in [6.45, 7) is 1.79. The Kier molecular flexibility index (Phi) is 7.06. The van der Waals surface area contributed by atoms with Crippen LogP contribution in [0, 0.1) is 5.92 Å². The van der Waals surface area contributed by atoms with E-state index < -0.39 is 0 Å². The predicted octanol–water partition coefficient (Wildman–Crippen LogP) is 2.25. The molecular formula is C22H31N3O3. The lowest BCUT2D eigenvalue weighted by molar-refractivity contribution is -0.129. The number of carbonyl (C=O) groups is 3. The molecule has 2 fully saturated rings. The molecule has 2 aliphatic rings. The van der Waals surface area contributed by atoms with Gasteiger partial charge in [-0.05, 0) is 50.0 Å². The van der Waals surface area contributed by atoms with Gasteiger partial charge in [-0.2, -0.15) is 0 Å². The zero-order valence-corrected chi connectivity index (χ0v) is 16.6. The number of nitrogens with one attached hydrogen (secondary N) is 3. The molecule has 152 valence electrons. The summed E-state index contributed by atoms with van der Waals surface area (Å²) < 4.78 is 0. The lowest BCUT2D eigenvalue weighted by Crippen LogP contribution is -2.48. The van der Waals surface area contributed by atoms with E-state index in [1.54, 1.807) is 6.92 Å². The fourth-order valence-electron chi connectivity index (χ4n) is 4.11. The van der Waals surface area contributed by atoms with Crippen LogP contribution in [0.4, 0.5) is 0 Å². The van der Waals surface area contributed by atoms with E-state index in [0.29, 0.717) is 12.3 Å². The van der Waals surface area contributed by atoms with Gasteiger partial charge in [0.15, 0.2) is 0 Å². The van der Waals surface area contributed by atoms with Gasteiger partial charge in [-0.1, -0.05) is 37.3 Å². The summed E-state index contributed by atoms with van der Waals surface area (Å²) in [5, 5.41) is 8.77. The first-order valence-corrected chi connectivity index (χ1v) is 10.5. The van der Waals surface area contributed by atoms with Gasteiger partial charge in [0.25, 0.3) is 0 Å². The predicted molar refractivity (Wildman–Crippen MR) is 108 cm³/mol. The zero-order valence-electron chi connectivity index (χ0n) is 16.6. The van der Waals surface area contributed by atoms with Crippen LogP contribution in [-0.4, -0.2) is 36.3 Å². The Balaban J connectivity index is 1.32. The molecule has 3 amide bonds. The molecule has 0 bridgehead atoms. The average molecular weight is 386 g/mol. The van der Waals surface area contributed by atoms with Crippen molar-refractivity contribution in [1.82, 2.24) is 16.0 Å². The second kappa shape index (κ2) is 9.71. The van der Waals surface area contributed by atoms with Crippen molar-refractivity contribution in [2.24, 2.45) is 5.92 Å². The van der Waals surface area contributed by atoms with Crippen molar-refractivity contribution in [2.45, 2.75) is 69.9 Å². The molecule has 0 spiro atoms. The normalized spacial score (nSPS) is 26.6. The van der Waals surface area contributed by atoms with Crippen molar-refractivity contribution in [3.8, 4) is 0 Å². The lowest BCUT2D eigenvalue weighted by atomic mass is 9.71. The summed E-state index contributed by atoms with van der Waals surface area (Å²) in [6, 6.07) is 10.7. The van der Waals surface area contributed by atoms with Crippen molar-refractivity contribution in [3.63, 3.8) is 0 Å². The Hall–Kier alpha value is -2.37. The van der Waals surface area contributed by atoms with Crippen LogP contribution in [0.1, 0.15) is 63.4 Å². The lowest BCUT2D eigenvalue weighted by Gasteiger charge is -2.37. The molecule has 0 unspecified atom stereocenters. The number of carbonyl (C=O) groups excluding carboxylic acids is 3. The molecule has 3 N–H and O–H groups in total. The van der Waals surface area contributed by atoms with E-state index in [1.165, 1.54) is 5.56 Å². The van der Waals surface area contributed by atoms with Crippen LogP contribution in [0.5, 0.6) is 0 Å². The van der Waals surface area contributed by atoms with E-state index in [0.717, 1.165) is 38.5 Å². The van der Waals surface area contributed by atoms with Crippen molar-refractivity contribution < 1.29 is 14.4 Å². The van der Waals surface area contributed by atoms with Gasteiger partial charge >= 0.3 is 0 Å². The van der Waals surface area contributed by atoms with E-state index in [9.17, 15) is 14.4 Å². The molecule has 2 aliphatic carbocycles. The van der Waals surface area contributed by atoms with E-state index in [2.05, 4.69) is 40.2 Å². The minimum absolute atomic E-state index is 0.0353. The molecular weight excluding hydrogens is 354 g/mol. The zero-order chi connectivity index (χ0) is 19.9. The second-order valence-corrected chi connectivity index (χ2v) is 8.03. The maximum atomic E-state index is 12.5. The Morgan fingerprint density at radius 1 is 0.893 bits per heavy atom. The van der Waals surface area contributed by atoms with Crippen molar-refractivity contribution in [3.05, 3.63) is 35.9 Å². The third-order valence-electron chi connectivity index (χ3n) is 5.99. The third kappa shape index (κ3) is 5.57. The van der Waals surface area contributed by atoms with Crippen molar-refractivity contribution in [2.75, 3.05) is 6.54 Å². The average Bonchev–Trinajstić information content (AvgIpc) is 2.67. The molecule has 2 saturated carbocycles. The molecule has 0 atom stereocenters. The fourth-order valence-corrected chi connectivity index (χ4v) is 4.11. The summed E-state index contributed by atoms with van der Waals surface area (Å²) >= 11 is 0. The van der Waals surface area contributed by atoms with Crippen LogP contribution in [0.2, 0.25) is 0 Å². The topological polar surface area (TPSA) is 87.3 Å². The molecule has 6 heteroatoms. The van der Waals surface area contributed by atoms with Crippen LogP contribution < -0.4 is 16.0 Å². The first-order chi connectivity index (χ1) is 13.5. The number of rotatable bonds is 7. The second-order valence-electron chi connectivity index (χ2n) is 8.03. The maximum absolute atomic E-state index is 12.5. The van der Waals surface area contributed by atoms with Gasteiger partial charge < -0.3 is 16.0 Å². The van der Waals surface area contributed by atoms with E-state index in [1.807, 2.05) is 6.07 Å². The van der Waals surface area contributed by atoms with Crippen LogP contribution in [-0.2, 0) is 14.4 Å². The third-order valence-corrected chi connectivity index (χ3v) is 5.99. The highest BCUT2D eigenvalue weighted by Gasteiger charge is 2.36. The van der Waals surface area contributed by atoms with Crippen molar-refractivity contribution >= 4 is 17.7 Å². The summed E-state index contributed by atoms with van der Waals surface area (Å²) in [5.74, 6) is 0.561. The minimum Gasteiger partial charge on any atom is -0.353 e. The van der Waals surface area contributed by atoms with E-state index >= 15 is 0 Å². The Bertz CT molecular complexity index is 678. The highest BCUT2D eigenvalue weighted by atomic mass is 16.2. The van der Waals surface area contributed by atoms with Gasteiger partial charge in [-0.3, -0.25) is 14.4 Å². The largest absolute Gasteiger partial charge is 0.353 e. The standard InChI is InChI=1S/C22H31N3O3/c1-2-20(26)23-14-21(27)24-18-8-10-19(11-9-18)25-22(28)17-12-16(13-17)15-6-4-3-5-7-15/h3-7,16-19H,2,8-14H2,1H3,(H,23,26)(H,24,27)(H,25,28). The quantitative estimate of drug-likeness (QED) is 0.673. The minimum atomic E-state index is -0.143. The van der Waals surface area contributed by atoms with Gasteiger partial charge in [-0.25, -0.2) is 0 Å². The number of benzene rings is 1. The summed E-state index contributed by atoms with van der Waals surface area (Å²) in [4.78, 5) is 35.6. The highest BCUT2D eigenvalue weighted by molar-refractivity contribution is 5.84. The maximum Gasteiger partial charge on any atom is 0.239 e. The summed E-state index contributed by atoms with van der Waals surface area (Å²) in [5.41, 5.74) is 1.33. The Labute approximate surface area is 166 Å². The molecule has 1 aromatic carbocycles. The number of hydrogen-bond acceptors (Lipinski definition) is 3. The van der Waals surface area contributed by atoms with E-state index in [4.69, 9.17) is 0 Å². The Morgan fingerprint density at radius 2 is 1.50 bits per heavy atom. The van der Waals surface area contributed by atoms with Crippen LogP contribution in [0.15, 0.2) is 30.3 Å². The van der Waals surface area contributed by atoms with Gasteiger partial charge in [-0.15, -0.1) is 0 Å². The molecule has 0 aromatic heterocycles. The van der Waals surface area contributed by atoms with Gasteiger partial charge in [0, 0.05) is 24.4 Å². The molecule has 0 saturated heterocycles. The molecule has 6 nitrogen and oxygen atoms in total. The van der Waals surface area contributed by atoms with Gasteiger partial charge in [0.05, 0.1) is 6.54 Å².